The average Bonchev–Trinajstić information content (AvgIpc) is 2.61. The van der Waals surface area contributed by atoms with Crippen LogP contribution in [0.1, 0.15) is 21.5 Å². The quantitative estimate of drug-likeness (QED) is 0.261. The Labute approximate surface area is 196 Å². The van der Waals surface area contributed by atoms with E-state index in [0.717, 1.165) is 23.8 Å². The Kier molecular flexibility index (Phi) is 8.09. The van der Waals surface area contributed by atoms with Crippen molar-refractivity contribution in [3.63, 3.8) is 0 Å². The molecule has 0 heterocycles. The van der Waals surface area contributed by atoms with E-state index in [9.17, 15) is 18.0 Å². The van der Waals surface area contributed by atoms with Gasteiger partial charge in [0, 0.05) is 5.56 Å². The number of rotatable bonds is 4. The van der Waals surface area contributed by atoms with Crippen molar-refractivity contribution in [3.8, 4) is 0 Å². The number of thiocarbonyl (C=S) groups is 1. The molecule has 0 fully saturated rings. The lowest BCUT2D eigenvalue weighted by atomic mass is 10.1. The molecule has 2 aromatic carbocycles. The van der Waals surface area contributed by atoms with E-state index in [1.165, 1.54) is 0 Å². The molecule has 2 aromatic rings. The van der Waals surface area contributed by atoms with Gasteiger partial charge in [0.2, 0.25) is 3.79 Å². The Bertz CT molecular complexity index is 934. The second-order valence-electron chi connectivity index (χ2n) is 6.10. The van der Waals surface area contributed by atoms with Crippen LogP contribution in [0.5, 0.6) is 0 Å². The largest absolute Gasteiger partial charge is 0.416 e. The highest BCUT2D eigenvalue weighted by atomic mass is 35.6. The summed E-state index contributed by atoms with van der Waals surface area (Å²) in [5, 5.41) is 7.30. The predicted octanol–water partition coefficient (Wildman–Crippen LogP) is 6.08. The van der Waals surface area contributed by atoms with Crippen molar-refractivity contribution in [2.75, 3.05) is 5.32 Å². The number of aryl methyl sites for hydroxylation is 1. The third kappa shape index (κ3) is 7.06. The van der Waals surface area contributed by atoms with Gasteiger partial charge in [-0.3, -0.25) is 4.79 Å². The Morgan fingerprint density at radius 3 is 2.17 bits per heavy atom. The van der Waals surface area contributed by atoms with Gasteiger partial charge in [0.05, 0.1) is 16.3 Å². The van der Waals surface area contributed by atoms with Crippen LogP contribution >= 0.6 is 58.6 Å². The number of hydrogen-bond donors (Lipinski definition) is 3. The van der Waals surface area contributed by atoms with Crippen molar-refractivity contribution in [1.29, 1.82) is 0 Å². The molecule has 4 nitrogen and oxygen atoms in total. The standard InChI is InChI=1S/C18H14Cl4F3N3OS/c1-9-2-4-10(5-3-9)14(29)27-15(17(20,21)22)28-16(30)26-13-8-11(18(23,24)25)6-7-12(13)19/h2-8,15H,1H3,(H,27,29)(H2,26,28,30). The molecule has 0 aliphatic rings. The van der Waals surface area contributed by atoms with Crippen LogP contribution in [0, 0.1) is 6.92 Å². The number of hydrogen-bond acceptors (Lipinski definition) is 2. The van der Waals surface area contributed by atoms with Crippen molar-refractivity contribution < 1.29 is 18.0 Å². The highest BCUT2D eigenvalue weighted by Crippen LogP contribution is 2.34. The SMILES string of the molecule is Cc1ccc(C(=O)NC(NC(=S)Nc2cc(C(F)(F)F)ccc2Cl)C(Cl)(Cl)Cl)cc1. The highest BCUT2D eigenvalue weighted by molar-refractivity contribution is 7.80. The van der Waals surface area contributed by atoms with Crippen molar-refractivity contribution in [3.05, 3.63) is 64.2 Å². The third-order valence-corrected chi connectivity index (χ3v) is 4.94. The number of anilines is 1. The van der Waals surface area contributed by atoms with Crippen LogP contribution in [0.15, 0.2) is 42.5 Å². The third-order valence-electron chi connectivity index (χ3n) is 3.73. The zero-order valence-electron chi connectivity index (χ0n) is 15.1. The van der Waals surface area contributed by atoms with Crippen LogP contribution in [0.4, 0.5) is 18.9 Å². The molecule has 0 saturated heterocycles. The Balaban J connectivity index is 2.14. The number of halogens is 7. The monoisotopic (exact) mass is 517 g/mol. The summed E-state index contributed by atoms with van der Waals surface area (Å²) in [6.45, 7) is 1.86. The van der Waals surface area contributed by atoms with E-state index in [0.29, 0.717) is 5.56 Å². The molecule has 30 heavy (non-hydrogen) atoms. The molecule has 162 valence electrons. The topological polar surface area (TPSA) is 53.2 Å². The van der Waals surface area contributed by atoms with Gasteiger partial charge in [0.15, 0.2) is 5.11 Å². The van der Waals surface area contributed by atoms with Crippen molar-refractivity contribution in [1.82, 2.24) is 10.6 Å². The number of benzene rings is 2. The van der Waals surface area contributed by atoms with Crippen LogP contribution in [-0.2, 0) is 6.18 Å². The first-order chi connectivity index (χ1) is 13.8. The van der Waals surface area contributed by atoms with Gasteiger partial charge in [-0.15, -0.1) is 0 Å². The lowest BCUT2D eigenvalue weighted by molar-refractivity contribution is -0.137. The molecule has 1 atom stereocenters. The Morgan fingerprint density at radius 1 is 1.03 bits per heavy atom. The lowest BCUT2D eigenvalue weighted by Gasteiger charge is -2.28. The first-order valence-electron chi connectivity index (χ1n) is 8.16. The molecule has 0 aromatic heterocycles. The van der Waals surface area contributed by atoms with E-state index in [4.69, 9.17) is 58.6 Å². The maximum Gasteiger partial charge on any atom is 0.416 e. The van der Waals surface area contributed by atoms with Crippen LogP contribution < -0.4 is 16.0 Å². The van der Waals surface area contributed by atoms with Crippen LogP contribution in [0.25, 0.3) is 0 Å². The number of amides is 1. The minimum absolute atomic E-state index is 0.0127. The van der Waals surface area contributed by atoms with E-state index in [1.54, 1.807) is 24.3 Å². The van der Waals surface area contributed by atoms with Gasteiger partial charge in [-0.05, 0) is 49.5 Å². The molecule has 1 amide bonds. The Hall–Kier alpha value is -1.45. The number of alkyl halides is 6. The second kappa shape index (κ2) is 9.78. The molecular formula is C18H14Cl4F3N3OS. The second-order valence-corrected chi connectivity index (χ2v) is 9.29. The molecule has 0 bridgehead atoms. The molecular weight excluding hydrogens is 505 g/mol. The van der Waals surface area contributed by atoms with Gasteiger partial charge in [-0.25, -0.2) is 0 Å². The summed E-state index contributed by atoms with van der Waals surface area (Å²) < 4.78 is 36.7. The molecule has 0 radical (unpaired) electrons. The summed E-state index contributed by atoms with van der Waals surface area (Å²) in [4.78, 5) is 12.4. The predicted molar refractivity (Wildman–Crippen MR) is 119 cm³/mol. The Morgan fingerprint density at radius 2 is 1.63 bits per heavy atom. The smallest absolute Gasteiger partial charge is 0.339 e. The van der Waals surface area contributed by atoms with Crippen LogP contribution in [-0.4, -0.2) is 21.0 Å². The summed E-state index contributed by atoms with van der Waals surface area (Å²) in [7, 11) is 0. The number of carbonyl (C=O) groups is 1. The fourth-order valence-electron chi connectivity index (χ4n) is 2.21. The molecule has 1 unspecified atom stereocenters. The zero-order valence-corrected chi connectivity index (χ0v) is 18.9. The van der Waals surface area contributed by atoms with E-state index >= 15 is 0 Å². The number of nitrogens with one attached hydrogen (secondary N) is 3. The van der Waals surface area contributed by atoms with Crippen molar-refractivity contribution in [2.24, 2.45) is 0 Å². The van der Waals surface area contributed by atoms with Gasteiger partial charge in [0.1, 0.15) is 6.17 Å². The average molecular weight is 519 g/mol. The molecule has 0 aliphatic heterocycles. The summed E-state index contributed by atoms with van der Waals surface area (Å²) in [6, 6.07) is 9.31. The van der Waals surface area contributed by atoms with Gasteiger partial charge >= 0.3 is 6.18 Å². The first-order valence-corrected chi connectivity index (χ1v) is 10.1. The summed E-state index contributed by atoms with van der Waals surface area (Å²) in [6.07, 6.45) is -5.88. The van der Waals surface area contributed by atoms with Gasteiger partial charge in [-0.2, -0.15) is 13.2 Å². The zero-order chi connectivity index (χ0) is 22.7. The molecule has 0 spiro atoms. The summed E-state index contributed by atoms with van der Waals surface area (Å²) in [5.74, 6) is -0.557. The fraction of sp³-hybridized carbons (Fsp3) is 0.222. The first kappa shape index (κ1) is 24.8. The van der Waals surface area contributed by atoms with E-state index in [1.807, 2.05) is 6.92 Å². The summed E-state index contributed by atoms with van der Waals surface area (Å²) in [5.41, 5.74) is 0.215. The number of carbonyl (C=O) groups excluding carboxylic acids is 1. The molecule has 0 aliphatic carbocycles. The van der Waals surface area contributed by atoms with Gasteiger partial charge in [0.25, 0.3) is 5.91 Å². The molecule has 3 N–H and O–H groups in total. The van der Waals surface area contributed by atoms with Crippen molar-refractivity contribution >= 4 is 75.3 Å². The van der Waals surface area contributed by atoms with Crippen molar-refractivity contribution in [2.45, 2.75) is 23.1 Å². The van der Waals surface area contributed by atoms with E-state index in [-0.39, 0.29) is 15.8 Å². The van der Waals surface area contributed by atoms with E-state index < -0.39 is 27.6 Å². The molecule has 0 saturated carbocycles. The minimum Gasteiger partial charge on any atom is -0.339 e. The maximum absolute atomic E-state index is 12.9. The maximum atomic E-state index is 12.9. The molecule has 2 rings (SSSR count). The highest BCUT2D eigenvalue weighted by Gasteiger charge is 2.35. The fourth-order valence-corrected chi connectivity index (χ4v) is 2.93. The van der Waals surface area contributed by atoms with E-state index in [2.05, 4.69) is 16.0 Å². The minimum atomic E-state index is -4.57. The molecule has 12 heteroatoms. The normalized spacial score (nSPS) is 12.8. The van der Waals surface area contributed by atoms with Gasteiger partial charge < -0.3 is 16.0 Å². The van der Waals surface area contributed by atoms with Gasteiger partial charge in [-0.1, -0.05) is 64.1 Å². The summed E-state index contributed by atoms with van der Waals surface area (Å²) >= 11 is 28.7. The van der Waals surface area contributed by atoms with Crippen LogP contribution in [0.3, 0.4) is 0 Å². The van der Waals surface area contributed by atoms with Crippen LogP contribution in [0.2, 0.25) is 5.02 Å². The lowest BCUT2D eigenvalue weighted by Crippen LogP contribution is -2.56.